The molecule has 0 saturated heterocycles. The summed E-state index contributed by atoms with van der Waals surface area (Å²) in [5.74, 6) is 0. The molecule has 16 heavy (non-hydrogen) atoms. The Morgan fingerprint density at radius 1 is 1.31 bits per heavy atom. The topological polar surface area (TPSA) is 17.1 Å². The molecule has 1 nitrogen and oxygen atoms in total. The van der Waals surface area contributed by atoms with Gasteiger partial charge in [-0.3, -0.25) is 0 Å². The van der Waals surface area contributed by atoms with Crippen LogP contribution in [0, 0.1) is 0 Å². The summed E-state index contributed by atoms with van der Waals surface area (Å²) in [6.07, 6.45) is 16.6. The Balaban J connectivity index is 1.94. The first kappa shape index (κ1) is 11.4. The van der Waals surface area contributed by atoms with Crippen molar-refractivity contribution in [3.8, 4) is 0 Å². The maximum absolute atomic E-state index is 10.6. The van der Waals surface area contributed by atoms with Crippen molar-refractivity contribution in [1.29, 1.82) is 0 Å². The van der Waals surface area contributed by atoms with E-state index >= 15 is 0 Å². The van der Waals surface area contributed by atoms with E-state index in [2.05, 4.69) is 49.1 Å². The molecule has 2 heteroatoms. The van der Waals surface area contributed by atoms with E-state index in [0.717, 1.165) is 21.2 Å². The third-order valence-electron chi connectivity index (χ3n) is 2.48. The third kappa shape index (κ3) is 2.72. The number of allylic oxidation sites excluding steroid dienone is 9. The van der Waals surface area contributed by atoms with Crippen LogP contribution in [0.5, 0.6) is 0 Å². The van der Waals surface area contributed by atoms with Gasteiger partial charge in [0.15, 0.2) is 0 Å². The van der Waals surface area contributed by atoms with Crippen molar-refractivity contribution in [2.24, 2.45) is 0 Å². The Morgan fingerprint density at radius 2 is 2.06 bits per heavy atom. The second-order valence-corrected chi connectivity index (χ2v) is 5.57. The van der Waals surface area contributed by atoms with Gasteiger partial charge in [0.05, 0.1) is 0 Å². The number of rotatable bonds is 5. The molecule has 0 aromatic carbocycles. The summed E-state index contributed by atoms with van der Waals surface area (Å²) < 4.78 is 0. The van der Waals surface area contributed by atoms with Gasteiger partial charge in [-0.15, -0.1) is 0 Å². The zero-order chi connectivity index (χ0) is 11.4. The molecule has 0 saturated carbocycles. The second kappa shape index (κ2) is 5.29. The molecule has 1 atom stereocenters. The molecule has 0 amide bonds. The Kier molecular flexibility index (Phi) is 3.76. The van der Waals surface area contributed by atoms with Crippen LogP contribution in [-0.2, 0) is 19.8 Å². The summed E-state index contributed by atoms with van der Waals surface area (Å²) in [7, 11) is 0. The Morgan fingerprint density at radius 3 is 2.75 bits per heavy atom. The molecule has 0 spiro atoms. The van der Waals surface area contributed by atoms with Crippen molar-refractivity contribution < 1.29 is 19.8 Å². The van der Waals surface area contributed by atoms with Crippen molar-refractivity contribution in [2.75, 3.05) is 0 Å². The maximum atomic E-state index is 10.6. The zero-order valence-corrected chi connectivity index (χ0v) is 10.1. The molecule has 0 fully saturated rings. The van der Waals surface area contributed by atoms with E-state index in [1.807, 2.05) is 0 Å². The van der Waals surface area contributed by atoms with Crippen LogP contribution in [0.4, 0.5) is 0 Å². The average Bonchev–Trinajstić information content (AvgIpc) is 2.92. The molecule has 0 heterocycles. The van der Waals surface area contributed by atoms with Gasteiger partial charge in [0, 0.05) is 0 Å². The summed E-state index contributed by atoms with van der Waals surface area (Å²) in [6.45, 7) is 3.74. The normalized spacial score (nSPS) is 23.0. The van der Waals surface area contributed by atoms with Crippen molar-refractivity contribution in [3.05, 3.63) is 60.3 Å². The van der Waals surface area contributed by atoms with Gasteiger partial charge in [-0.1, -0.05) is 0 Å². The van der Waals surface area contributed by atoms with E-state index in [-0.39, 0.29) is 0 Å². The summed E-state index contributed by atoms with van der Waals surface area (Å²) in [6, 6.07) is 0. The van der Waals surface area contributed by atoms with Gasteiger partial charge in [0.25, 0.3) is 0 Å². The molecule has 0 bridgehead atoms. The average molecular weight is 254 g/mol. The fourth-order valence-corrected chi connectivity index (χ4v) is 3.33. The van der Waals surface area contributed by atoms with Crippen molar-refractivity contribution >= 4 is 6.29 Å². The van der Waals surface area contributed by atoms with Gasteiger partial charge >= 0.3 is 102 Å². The molecule has 84 valence electrons. The number of aldehydes is 1. The van der Waals surface area contributed by atoms with Gasteiger partial charge < -0.3 is 0 Å². The van der Waals surface area contributed by atoms with Crippen molar-refractivity contribution in [1.82, 2.24) is 0 Å². The number of hydrogen-bond donors (Lipinski definition) is 0. The molecule has 0 radical (unpaired) electrons. The molecule has 0 aromatic heterocycles. The molecule has 0 aromatic rings. The molecular formula is C14H14FeO. The van der Waals surface area contributed by atoms with Crippen LogP contribution < -0.4 is 0 Å². The van der Waals surface area contributed by atoms with Gasteiger partial charge in [-0.05, 0) is 0 Å². The molecule has 2 aliphatic carbocycles. The first-order valence-electron chi connectivity index (χ1n) is 5.24. The van der Waals surface area contributed by atoms with E-state index in [0.29, 0.717) is 21.6 Å². The number of carbonyl (C=O) groups excluding carboxylic acids is 1. The second-order valence-electron chi connectivity index (χ2n) is 3.78. The van der Waals surface area contributed by atoms with Crippen LogP contribution in [0.15, 0.2) is 60.3 Å². The zero-order valence-electron chi connectivity index (χ0n) is 8.95. The monoisotopic (exact) mass is 254 g/mol. The predicted molar refractivity (Wildman–Crippen MR) is 62.8 cm³/mol. The molecule has 2 rings (SSSR count). The number of hydrogen-bond acceptors (Lipinski definition) is 1. The summed E-state index contributed by atoms with van der Waals surface area (Å²) in [5, 5.41) is 0. The first-order valence-corrected chi connectivity index (χ1v) is 6.51. The standard InChI is InChI=1S/C9H9O.C5H5.Fe/c1-8(7-10)6-9-4-2-3-5-9;1-2-4-5-3-1;/h2-5,7H,1,6H2;1-5H;. The first-order chi connectivity index (χ1) is 7.79. The van der Waals surface area contributed by atoms with E-state index in [1.165, 1.54) is 5.57 Å². The van der Waals surface area contributed by atoms with Crippen LogP contribution in [-0.4, -0.2) is 6.29 Å². The fraction of sp³-hybridized carbons (Fsp3) is 0.214. The summed E-state index contributed by atoms with van der Waals surface area (Å²) >= 11 is 1.10. The summed E-state index contributed by atoms with van der Waals surface area (Å²) in [5.41, 5.74) is 1.98. The summed E-state index contributed by atoms with van der Waals surface area (Å²) in [4.78, 5) is 11.6. The predicted octanol–water partition coefficient (Wildman–Crippen LogP) is 3.41. The quantitative estimate of drug-likeness (QED) is 0.417. The van der Waals surface area contributed by atoms with Crippen LogP contribution in [0.2, 0.25) is 9.63 Å². The van der Waals surface area contributed by atoms with Crippen LogP contribution in [0.3, 0.4) is 0 Å². The van der Waals surface area contributed by atoms with E-state index in [4.69, 9.17) is 0 Å². The molecule has 0 aliphatic heterocycles. The SMILES string of the molecule is C=C(C=O)CC1=CC=C[CH]1[Fe][CH]1C=CC=C1. The molecule has 2 aliphatic rings. The Labute approximate surface area is 102 Å². The van der Waals surface area contributed by atoms with Crippen LogP contribution in [0.25, 0.3) is 0 Å². The minimum absolute atomic E-state index is 0.467. The molecular weight excluding hydrogens is 240 g/mol. The van der Waals surface area contributed by atoms with E-state index in [9.17, 15) is 4.79 Å². The van der Waals surface area contributed by atoms with E-state index in [1.54, 1.807) is 0 Å². The van der Waals surface area contributed by atoms with Crippen LogP contribution in [0.1, 0.15) is 6.42 Å². The molecule has 0 N–H and O–H groups in total. The van der Waals surface area contributed by atoms with E-state index < -0.39 is 0 Å². The molecule has 1 unspecified atom stereocenters. The van der Waals surface area contributed by atoms with Gasteiger partial charge in [0.1, 0.15) is 0 Å². The fourth-order valence-electron chi connectivity index (χ4n) is 1.68. The van der Waals surface area contributed by atoms with Gasteiger partial charge in [0.2, 0.25) is 0 Å². The third-order valence-corrected chi connectivity index (χ3v) is 4.35. The minimum atomic E-state index is 0.467. The van der Waals surface area contributed by atoms with Gasteiger partial charge in [-0.2, -0.15) is 0 Å². The van der Waals surface area contributed by atoms with Gasteiger partial charge in [-0.25, -0.2) is 0 Å². The van der Waals surface area contributed by atoms with Crippen molar-refractivity contribution in [2.45, 2.75) is 16.1 Å². The van der Waals surface area contributed by atoms with Crippen molar-refractivity contribution in [3.63, 3.8) is 0 Å². The Hall–Kier alpha value is -1.11. The number of carbonyl (C=O) groups is 1. The Bertz CT molecular complexity index is 400. The van der Waals surface area contributed by atoms with Crippen LogP contribution >= 0.6 is 0 Å².